The van der Waals surface area contributed by atoms with Crippen LogP contribution in [0.5, 0.6) is 0 Å². The summed E-state index contributed by atoms with van der Waals surface area (Å²) in [7, 11) is 0. The van der Waals surface area contributed by atoms with Crippen LogP contribution in [0.3, 0.4) is 0 Å². The number of hydrogen-bond donors (Lipinski definition) is 2. The van der Waals surface area contributed by atoms with Gasteiger partial charge in [-0.1, -0.05) is 123 Å². The minimum Gasteiger partial charge on any atom is -0.464 e. The summed E-state index contributed by atoms with van der Waals surface area (Å²) in [6.07, 6.45) is 22.4. The number of aliphatic hydroxyl groups excluding tert-OH is 1. The molecule has 0 aromatic heterocycles. The highest BCUT2D eigenvalue weighted by Crippen LogP contribution is 2.12. The fraction of sp³-hybridized carbons (Fsp3) is 0.929. The smallest absolute Gasteiger partial charge is 0.331 e. The van der Waals surface area contributed by atoms with Gasteiger partial charge in [-0.2, -0.15) is 0 Å². The van der Waals surface area contributed by atoms with Gasteiger partial charge in [0.25, 0.3) is 0 Å². The molecule has 0 heterocycles. The Morgan fingerprint density at radius 3 is 1.48 bits per heavy atom. The molecule has 0 fully saturated rings. The lowest BCUT2D eigenvalue weighted by Crippen LogP contribution is -2.48. The highest BCUT2D eigenvalue weighted by Gasteiger charge is 2.26. The lowest BCUT2D eigenvalue weighted by molar-refractivity contribution is -0.151. The maximum absolute atomic E-state index is 12.3. The number of ether oxygens (including phenoxy) is 1. The Bertz CT molecular complexity index is 453. The van der Waals surface area contributed by atoms with Gasteiger partial charge in [0.1, 0.15) is 0 Å². The van der Waals surface area contributed by atoms with Crippen LogP contribution >= 0.6 is 0 Å². The minimum atomic E-state index is -0.973. The van der Waals surface area contributed by atoms with Crippen LogP contribution < -0.4 is 5.32 Å². The van der Waals surface area contributed by atoms with Gasteiger partial charge in [-0.25, -0.2) is 4.79 Å². The van der Waals surface area contributed by atoms with Crippen molar-refractivity contribution >= 4 is 11.9 Å². The van der Waals surface area contributed by atoms with E-state index < -0.39 is 18.1 Å². The summed E-state index contributed by atoms with van der Waals surface area (Å²) >= 11 is 0. The fourth-order valence-corrected chi connectivity index (χ4v) is 4.07. The van der Waals surface area contributed by atoms with E-state index in [-0.39, 0.29) is 5.91 Å². The number of unbranched alkanes of at least 4 members (excludes halogenated alkanes) is 17. The average molecular weight is 470 g/mol. The highest BCUT2D eigenvalue weighted by molar-refractivity contribution is 5.84. The van der Waals surface area contributed by atoms with E-state index in [1.807, 2.05) is 0 Å². The second-order valence-electron chi connectivity index (χ2n) is 9.71. The van der Waals surface area contributed by atoms with Crippen LogP contribution in [-0.4, -0.2) is 35.7 Å². The van der Waals surface area contributed by atoms with Gasteiger partial charge in [0.15, 0.2) is 6.04 Å². The van der Waals surface area contributed by atoms with Gasteiger partial charge in [0, 0.05) is 6.42 Å². The van der Waals surface area contributed by atoms with Crippen molar-refractivity contribution in [3.05, 3.63) is 0 Å². The third kappa shape index (κ3) is 21.2. The Hall–Kier alpha value is -1.10. The van der Waals surface area contributed by atoms with E-state index in [1.165, 1.54) is 96.8 Å². The van der Waals surface area contributed by atoms with E-state index in [4.69, 9.17) is 4.74 Å². The lowest BCUT2D eigenvalue weighted by atomic mass is 10.1. The molecule has 0 rings (SSSR count). The maximum Gasteiger partial charge on any atom is 0.331 e. The van der Waals surface area contributed by atoms with Gasteiger partial charge in [-0.15, -0.1) is 0 Å². The van der Waals surface area contributed by atoms with Gasteiger partial charge in [0.05, 0.1) is 12.7 Å². The van der Waals surface area contributed by atoms with Crippen molar-refractivity contribution in [2.24, 2.45) is 0 Å². The number of rotatable bonds is 24. The number of nitrogens with one attached hydrogen (secondary N) is 1. The van der Waals surface area contributed by atoms with E-state index in [9.17, 15) is 14.7 Å². The van der Waals surface area contributed by atoms with Crippen molar-refractivity contribution in [3.8, 4) is 0 Å². The van der Waals surface area contributed by atoms with Crippen molar-refractivity contribution in [2.45, 2.75) is 161 Å². The third-order valence-corrected chi connectivity index (χ3v) is 6.30. The Morgan fingerprint density at radius 2 is 1.06 bits per heavy atom. The average Bonchev–Trinajstić information content (AvgIpc) is 2.79. The number of carbonyl (C=O) groups excluding carboxylic acids is 2. The summed E-state index contributed by atoms with van der Waals surface area (Å²) in [5, 5.41) is 12.6. The summed E-state index contributed by atoms with van der Waals surface area (Å²) < 4.78 is 5.32. The van der Waals surface area contributed by atoms with Crippen LogP contribution in [0.1, 0.15) is 149 Å². The summed E-state index contributed by atoms with van der Waals surface area (Å²) in [6, 6.07) is -0.973. The summed E-state index contributed by atoms with van der Waals surface area (Å²) in [5.41, 5.74) is 0. The molecule has 0 saturated carbocycles. The monoisotopic (exact) mass is 469 g/mol. The van der Waals surface area contributed by atoms with Crippen molar-refractivity contribution < 1.29 is 19.4 Å². The molecule has 0 aliphatic rings. The Balaban J connectivity index is 3.78. The minimum absolute atomic E-state index is 0.181. The molecule has 0 spiro atoms. The Labute approximate surface area is 204 Å². The van der Waals surface area contributed by atoms with E-state index in [0.29, 0.717) is 13.0 Å². The summed E-state index contributed by atoms with van der Waals surface area (Å²) in [5.74, 6) is -0.707. The van der Waals surface area contributed by atoms with Crippen LogP contribution in [0, 0.1) is 0 Å². The summed E-state index contributed by atoms with van der Waals surface area (Å²) in [4.78, 5) is 24.5. The van der Waals surface area contributed by atoms with Gasteiger partial charge in [-0.3, -0.25) is 4.79 Å². The first-order valence-electron chi connectivity index (χ1n) is 14.2. The van der Waals surface area contributed by atoms with Crippen molar-refractivity contribution in [3.63, 3.8) is 0 Å². The molecule has 0 aliphatic heterocycles. The molecule has 196 valence electrons. The van der Waals surface area contributed by atoms with Gasteiger partial charge < -0.3 is 15.2 Å². The molecule has 0 unspecified atom stereocenters. The fourth-order valence-electron chi connectivity index (χ4n) is 4.07. The summed E-state index contributed by atoms with van der Waals surface area (Å²) in [6.45, 7) is 6.34. The van der Waals surface area contributed by atoms with E-state index in [2.05, 4.69) is 19.2 Å². The molecule has 2 N–H and O–H groups in total. The van der Waals surface area contributed by atoms with Crippen molar-refractivity contribution in [1.29, 1.82) is 0 Å². The number of amides is 1. The molecule has 0 aromatic rings. The second-order valence-corrected chi connectivity index (χ2v) is 9.71. The van der Waals surface area contributed by atoms with Gasteiger partial charge in [-0.05, 0) is 19.8 Å². The number of esters is 1. The van der Waals surface area contributed by atoms with E-state index in [1.54, 1.807) is 0 Å². The van der Waals surface area contributed by atoms with Gasteiger partial charge in [0.2, 0.25) is 5.91 Å². The predicted molar refractivity (Wildman–Crippen MR) is 138 cm³/mol. The zero-order chi connectivity index (χ0) is 24.6. The second kappa shape index (κ2) is 24.0. The van der Waals surface area contributed by atoms with E-state index >= 15 is 0 Å². The first-order valence-corrected chi connectivity index (χ1v) is 14.2. The normalized spacial score (nSPS) is 13.0. The molecule has 0 bridgehead atoms. The number of aliphatic hydroxyl groups is 1. The molecule has 33 heavy (non-hydrogen) atoms. The Morgan fingerprint density at radius 1 is 0.667 bits per heavy atom. The topological polar surface area (TPSA) is 75.6 Å². The molecule has 2 atom stereocenters. The first kappa shape index (κ1) is 31.9. The van der Waals surface area contributed by atoms with Crippen LogP contribution in [-0.2, 0) is 14.3 Å². The first-order chi connectivity index (χ1) is 16.0. The van der Waals surface area contributed by atoms with E-state index in [0.717, 1.165) is 32.1 Å². The highest BCUT2D eigenvalue weighted by atomic mass is 16.5. The van der Waals surface area contributed by atoms with Crippen LogP contribution in [0.25, 0.3) is 0 Å². The third-order valence-electron chi connectivity index (χ3n) is 6.30. The van der Waals surface area contributed by atoms with Crippen molar-refractivity contribution in [2.75, 3.05) is 6.61 Å². The maximum atomic E-state index is 12.3. The molecule has 5 heteroatoms. The van der Waals surface area contributed by atoms with Crippen LogP contribution in [0.15, 0.2) is 0 Å². The zero-order valence-corrected chi connectivity index (χ0v) is 22.2. The predicted octanol–water partition coefficient (Wildman–Crippen LogP) is 7.24. The van der Waals surface area contributed by atoms with Crippen molar-refractivity contribution in [1.82, 2.24) is 5.32 Å². The standard InChI is InChI=1S/C28H55NO4/c1-4-6-8-10-12-14-16-18-20-22-24-33-28(32)27(25(3)30)29-26(31)23-21-19-17-15-13-11-9-7-5-2/h25,27,30H,4-24H2,1-3H3,(H,29,31)/t25-,27+/m1/s1. The molecule has 1 amide bonds. The quantitative estimate of drug-likeness (QED) is 0.115. The molecule has 0 saturated heterocycles. The SMILES string of the molecule is CCCCCCCCCCCCOC(=O)[C@@H](NC(=O)CCCCCCCCCCC)[C@@H](C)O. The molecule has 0 aromatic carbocycles. The lowest BCUT2D eigenvalue weighted by Gasteiger charge is -2.20. The molecule has 5 nitrogen and oxygen atoms in total. The number of hydrogen-bond acceptors (Lipinski definition) is 4. The number of carbonyl (C=O) groups is 2. The molecular weight excluding hydrogens is 414 g/mol. The Kier molecular flexibility index (Phi) is 23.2. The largest absolute Gasteiger partial charge is 0.464 e. The molecule has 0 aliphatic carbocycles. The molecular formula is C28H55NO4. The van der Waals surface area contributed by atoms with Crippen LogP contribution in [0.4, 0.5) is 0 Å². The molecule has 0 radical (unpaired) electrons. The van der Waals surface area contributed by atoms with Gasteiger partial charge >= 0.3 is 5.97 Å². The zero-order valence-electron chi connectivity index (χ0n) is 22.2. The van der Waals surface area contributed by atoms with Crippen LogP contribution in [0.2, 0.25) is 0 Å².